The quantitative estimate of drug-likeness (QED) is 0.287. The Kier molecular flexibility index (Phi) is 9.13. The third-order valence-corrected chi connectivity index (χ3v) is 5.84. The lowest BCUT2D eigenvalue weighted by molar-refractivity contribution is 0.0797. The maximum atomic E-state index is 13.7. The van der Waals surface area contributed by atoms with Gasteiger partial charge in [0, 0.05) is 25.2 Å². The molecule has 9 nitrogen and oxygen atoms in total. The predicted molar refractivity (Wildman–Crippen MR) is 130 cm³/mol. The summed E-state index contributed by atoms with van der Waals surface area (Å²) in [6.07, 6.45) is 0.568. The summed E-state index contributed by atoms with van der Waals surface area (Å²) in [4.78, 5) is 12.7. The molecule has 12 heteroatoms. The van der Waals surface area contributed by atoms with Crippen LogP contribution in [0.5, 0.6) is 0 Å². The van der Waals surface area contributed by atoms with Crippen molar-refractivity contribution in [2.24, 2.45) is 0 Å². The average molecular weight is 523 g/mol. The van der Waals surface area contributed by atoms with E-state index >= 15 is 0 Å². The molecule has 0 saturated heterocycles. The molecule has 0 radical (unpaired) electrons. The van der Waals surface area contributed by atoms with Crippen LogP contribution in [0.25, 0.3) is 0 Å². The molecule has 1 heterocycles. The van der Waals surface area contributed by atoms with Gasteiger partial charge in [0.05, 0.1) is 18.4 Å². The lowest BCUT2D eigenvalue weighted by Gasteiger charge is -2.24. The fourth-order valence-electron chi connectivity index (χ4n) is 3.59. The van der Waals surface area contributed by atoms with E-state index in [1.165, 1.54) is 5.56 Å². The van der Waals surface area contributed by atoms with Crippen molar-refractivity contribution in [2.45, 2.75) is 38.5 Å². The lowest BCUT2D eigenvalue weighted by atomic mass is 10.00. The summed E-state index contributed by atoms with van der Waals surface area (Å²) < 4.78 is 57.1. The number of aliphatic hydroxyl groups excluding tert-OH is 1. The van der Waals surface area contributed by atoms with E-state index in [-0.39, 0.29) is 30.1 Å². The van der Waals surface area contributed by atoms with Gasteiger partial charge < -0.3 is 20.3 Å². The number of carbonyl (C=O) groups is 1. The van der Waals surface area contributed by atoms with Crippen LogP contribution < -0.4 is 15.4 Å². The number of sulfonamides is 1. The molecule has 36 heavy (non-hydrogen) atoms. The van der Waals surface area contributed by atoms with Gasteiger partial charge in [-0.25, -0.2) is 17.2 Å². The van der Waals surface area contributed by atoms with Crippen LogP contribution in [0, 0.1) is 11.6 Å². The summed E-state index contributed by atoms with van der Waals surface area (Å²) in [6.45, 7) is 2.58. The molecule has 0 aliphatic carbocycles. The molecule has 3 aromatic rings. The predicted octanol–water partition coefficient (Wildman–Crippen LogP) is 2.38. The Balaban J connectivity index is 1.71. The number of amides is 1. The van der Waals surface area contributed by atoms with Crippen LogP contribution in [0.2, 0.25) is 0 Å². The number of aromatic nitrogens is 1. The van der Waals surface area contributed by atoms with E-state index in [1.807, 2.05) is 31.2 Å². The van der Waals surface area contributed by atoms with Crippen molar-refractivity contribution in [3.05, 3.63) is 82.6 Å². The lowest BCUT2D eigenvalue weighted by Crippen LogP contribution is -2.48. The smallest absolute Gasteiger partial charge is 0.290 e. The van der Waals surface area contributed by atoms with Crippen molar-refractivity contribution >= 4 is 21.7 Å². The molecule has 1 amide bonds. The fourth-order valence-corrected chi connectivity index (χ4v) is 4.07. The van der Waals surface area contributed by atoms with Crippen LogP contribution in [-0.4, -0.2) is 49.5 Å². The zero-order chi connectivity index (χ0) is 26.3. The van der Waals surface area contributed by atoms with E-state index in [9.17, 15) is 27.1 Å². The number of carbonyl (C=O) groups excluding carboxylic acids is 1. The molecule has 0 fully saturated rings. The summed E-state index contributed by atoms with van der Waals surface area (Å²) >= 11 is 0. The van der Waals surface area contributed by atoms with Gasteiger partial charge in [-0.2, -0.15) is 0 Å². The van der Waals surface area contributed by atoms with E-state index in [0.29, 0.717) is 6.54 Å². The number of aliphatic hydroxyl groups is 1. The number of hydrogen-bond acceptors (Lipinski definition) is 7. The molecular formula is C24H28F2N4O5S. The van der Waals surface area contributed by atoms with Crippen LogP contribution in [-0.2, 0) is 29.4 Å². The molecule has 2 atom stereocenters. The first-order chi connectivity index (χ1) is 17.0. The first kappa shape index (κ1) is 27.2. The Hall–Kier alpha value is -3.35. The minimum Gasteiger partial charge on any atom is -0.390 e. The molecule has 0 spiro atoms. The minimum absolute atomic E-state index is 0.0659. The number of anilines is 1. The van der Waals surface area contributed by atoms with Gasteiger partial charge in [-0.15, -0.1) is 0 Å². The molecule has 0 aliphatic heterocycles. The van der Waals surface area contributed by atoms with Crippen molar-refractivity contribution in [3.8, 4) is 0 Å². The van der Waals surface area contributed by atoms with Gasteiger partial charge in [0.1, 0.15) is 11.6 Å². The molecule has 4 N–H and O–H groups in total. The molecule has 0 saturated carbocycles. The Bertz CT molecular complexity index is 1280. The van der Waals surface area contributed by atoms with Gasteiger partial charge in [-0.1, -0.05) is 36.3 Å². The molecule has 3 rings (SSSR count). The van der Waals surface area contributed by atoms with Crippen molar-refractivity contribution in [2.75, 3.05) is 17.5 Å². The van der Waals surface area contributed by atoms with Gasteiger partial charge in [0.2, 0.25) is 15.8 Å². The molecule has 194 valence electrons. The van der Waals surface area contributed by atoms with Crippen LogP contribution in [0.4, 0.5) is 14.6 Å². The van der Waals surface area contributed by atoms with Gasteiger partial charge in [0.25, 0.3) is 5.91 Å². The highest BCUT2D eigenvalue weighted by Crippen LogP contribution is 2.14. The largest absolute Gasteiger partial charge is 0.390 e. The van der Waals surface area contributed by atoms with Crippen LogP contribution in [0.3, 0.4) is 0 Å². The summed E-state index contributed by atoms with van der Waals surface area (Å²) in [7, 11) is -3.64. The van der Waals surface area contributed by atoms with Crippen molar-refractivity contribution in [1.29, 1.82) is 0 Å². The second-order valence-electron chi connectivity index (χ2n) is 8.38. The number of rotatable bonds is 12. The number of aryl methyl sites for hydroxylation is 1. The minimum atomic E-state index is -3.64. The zero-order valence-corrected chi connectivity index (χ0v) is 20.6. The van der Waals surface area contributed by atoms with Gasteiger partial charge in [-0.05, 0) is 41.7 Å². The Morgan fingerprint density at radius 3 is 2.44 bits per heavy atom. The molecule has 0 unspecified atom stereocenters. The van der Waals surface area contributed by atoms with Gasteiger partial charge in [0.15, 0.2) is 5.82 Å². The molecule has 2 aromatic carbocycles. The zero-order valence-electron chi connectivity index (χ0n) is 19.8. The first-order valence-corrected chi connectivity index (χ1v) is 13.1. The number of hydrogen-bond donors (Lipinski definition) is 4. The summed E-state index contributed by atoms with van der Waals surface area (Å²) in [6, 6.07) is 11.0. The fraction of sp³-hybridized carbons (Fsp3) is 0.333. The molecule has 0 bridgehead atoms. The molecule has 0 aliphatic rings. The van der Waals surface area contributed by atoms with E-state index in [4.69, 9.17) is 4.52 Å². The van der Waals surface area contributed by atoms with Crippen molar-refractivity contribution in [1.82, 2.24) is 15.8 Å². The van der Waals surface area contributed by atoms with Crippen LogP contribution >= 0.6 is 0 Å². The Morgan fingerprint density at radius 2 is 1.78 bits per heavy atom. The molecular weight excluding hydrogens is 494 g/mol. The summed E-state index contributed by atoms with van der Waals surface area (Å²) in [5.74, 6) is -2.87. The number of benzene rings is 2. The highest BCUT2D eigenvalue weighted by atomic mass is 32.2. The third-order valence-electron chi connectivity index (χ3n) is 5.27. The van der Waals surface area contributed by atoms with E-state index in [0.717, 1.165) is 42.5 Å². The average Bonchev–Trinajstić information content (AvgIpc) is 3.25. The maximum Gasteiger partial charge on any atom is 0.290 e. The summed E-state index contributed by atoms with van der Waals surface area (Å²) in [5.41, 5.74) is 2.41. The second kappa shape index (κ2) is 12.1. The Labute approximate surface area is 207 Å². The number of nitrogens with zero attached hydrogens (tertiary/aromatic N) is 1. The highest BCUT2D eigenvalue weighted by molar-refractivity contribution is 7.92. The summed E-state index contributed by atoms with van der Waals surface area (Å²) in [5, 5.41) is 20.0. The van der Waals surface area contributed by atoms with E-state index in [1.54, 1.807) is 0 Å². The highest BCUT2D eigenvalue weighted by Gasteiger charge is 2.25. The second-order valence-corrected chi connectivity index (χ2v) is 10.1. The maximum absolute atomic E-state index is 13.7. The van der Waals surface area contributed by atoms with Crippen molar-refractivity contribution < 1.29 is 31.6 Å². The number of nitrogens with one attached hydrogen (secondary N) is 3. The standard InChI is InChI=1S/C24H28F2N4O5S/c1-3-15-5-4-6-16(7-15)13-27-14-21(31)20(10-17-8-18(25)11-19(26)9-17)28-24(32)22-12-23(29-35-22)30-36(2,33)34/h4-9,11-12,20-21,27,31H,3,10,13-14H2,1-2H3,(H,28,32)(H,29,30)/t20-,21+/m0/s1. The van der Waals surface area contributed by atoms with Crippen LogP contribution in [0.1, 0.15) is 34.2 Å². The van der Waals surface area contributed by atoms with E-state index < -0.39 is 39.7 Å². The third kappa shape index (κ3) is 8.40. The van der Waals surface area contributed by atoms with Crippen LogP contribution in [0.15, 0.2) is 53.1 Å². The van der Waals surface area contributed by atoms with Crippen molar-refractivity contribution in [3.63, 3.8) is 0 Å². The monoisotopic (exact) mass is 522 g/mol. The topological polar surface area (TPSA) is 134 Å². The van der Waals surface area contributed by atoms with E-state index in [2.05, 4.69) is 20.5 Å². The Morgan fingerprint density at radius 1 is 1.08 bits per heavy atom. The number of halogens is 2. The normalized spacial score (nSPS) is 13.2. The van der Waals surface area contributed by atoms with Gasteiger partial charge >= 0.3 is 0 Å². The first-order valence-electron chi connectivity index (χ1n) is 11.2. The van der Waals surface area contributed by atoms with Gasteiger partial charge in [-0.3, -0.25) is 9.52 Å². The SMILES string of the molecule is CCc1cccc(CNC[C@@H](O)[C@H](Cc2cc(F)cc(F)c2)NC(=O)c2cc(NS(C)(=O)=O)no2)c1. The molecule has 1 aromatic heterocycles.